The van der Waals surface area contributed by atoms with E-state index in [-0.39, 0.29) is 0 Å². The predicted molar refractivity (Wildman–Crippen MR) is 74.7 cm³/mol. The number of allylic oxidation sites excluding steroid dienone is 4. The Hall–Kier alpha value is -0.820. The van der Waals surface area contributed by atoms with E-state index in [0.717, 1.165) is 19.5 Å². The lowest BCUT2D eigenvalue weighted by Gasteiger charge is -2.14. The summed E-state index contributed by atoms with van der Waals surface area (Å²) in [5.41, 5.74) is 4.16. The Morgan fingerprint density at radius 1 is 1.31 bits per heavy atom. The molecule has 0 radical (unpaired) electrons. The summed E-state index contributed by atoms with van der Waals surface area (Å²) in [5.74, 6) is 0.596. The monoisotopic (exact) mass is 221 g/mol. The Labute approximate surface area is 101 Å². The molecule has 1 heteroatoms. The van der Waals surface area contributed by atoms with Gasteiger partial charge in [0, 0.05) is 6.54 Å². The second-order valence-corrected chi connectivity index (χ2v) is 4.42. The average molecular weight is 221 g/mol. The number of likely N-dealkylation sites (N-methyl/N-ethyl adjacent to an activating group) is 1. The molecule has 0 atom stereocenters. The van der Waals surface area contributed by atoms with Crippen molar-refractivity contribution < 1.29 is 0 Å². The van der Waals surface area contributed by atoms with Crippen LogP contribution in [0.4, 0.5) is 0 Å². The zero-order chi connectivity index (χ0) is 12.6. The molecule has 0 aromatic rings. The van der Waals surface area contributed by atoms with E-state index in [4.69, 9.17) is 0 Å². The van der Waals surface area contributed by atoms with Crippen molar-refractivity contribution in [3.63, 3.8) is 0 Å². The van der Waals surface area contributed by atoms with Crippen LogP contribution in [0.5, 0.6) is 0 Å². The van der Waals surface area contributed by atoms with Crippen LogP contribution < -0.4 is 5.32 Å². The van der Waals surface area contributed by atoms with Gasteiger partial charge in [-0.3, -0.25) is 0 Å². The molecule has 0 amide bonds. The van der Waals surface area contributed by atoms with Gasteiger partial charge in [-0.15, -0.1) is 0 Å². The van der Waals surface area contributed by atoms with Crippen molar-refractivity contribution in [1.29, 1.82) is 0 Å². The fraction of sp³-hybridized carbons (Fsp3) is 0.600. The van der Waals surface area contributed by atoms with Gasteiger partial charge in [-0.25, -0.2) is 0 Å². The van der Waals surface area contributed by atoms with Gasteiger partial charge in [0.25, 0.3) is 0 Å². The van der Waals surface area contributed by atoms with Crippen LogP contribution in [-0.2, 0) is 0 Å². The van der Waals surface area contributed by atoms with Crippen LogP contribution in [0.25, 0.3) is 0 Å². The minimum absolute atomic E-state index is 0.596. The SMILES string of the molecule is C=C/C(C)=C(\C=C(\CNCC)C(C)C)CC. The average Bonchev–Trinajstić information content (AvgIpc) is 2.28. The lowest BCUT2D eigenvalue weighted by Crippen LogP contribution is -2.18. The highest BCUT2D eigenvalue weighted by atomic mass is 14.8. The molecule has 0 saturated carbocycles. The van der Waals surface area contributed by atoms with Gasteiger partial charge >= 0.3 is 0 Å². The first kappa shape index (κ1) is 15.2. The normalized spacial score (nSPS) is 14.0. The first-order valence-electron chi connectivity index (χ1n) is 6.30. The summed E-state index contributed by atoms with van der Waals surface area (Å²) >= 11 is 0. The van der Waals surface area contributed by atoms with Crippen LogP contribution in [0, 0.1) is 5.92 Å². The summed E-state index contributed by atoms with van der Waals surface area (Å²) in [6, 6.07) is 0. The number of hydrogen-bond acceptors (Lipinski definition) is 1. The molecule has 92 valence electrons. The Morgan fingerprint density at radius 3 is 2.31 bits per heavy atom. The molecule has 0 aliphatic heterocycles. The quantitative estimate of drug-likeness (QED) is 0.638. The van der Waals surface area contributed by atoms with Gasteiger partial charge in [-0.1, -0.05) is 52.0 Å². The molecule has 1 nitrogen and oxygen atoms in total. The molecular weight excluding hydrogens is 194 g/mol. The predicted octanol–water partition coefficient (Wildman–Crippen LogP) is 4.09. The third kappa shape index (κ3) is 5.32. The smallest absolute Gasteiger partial charge is 0.0170 e. The van der Waals surface area contributed by atoms with E-state index in [1.54, 1.807) is 0 Å². The third-order valence-electron chi connectivity index (χ3n) is 2.87. The summed E-state index contributed by atoms with van der Waals surface area (Å²) in [5, 5.41) is 3.40. The second kappa shape index (κ2) is 8.35. The molecule has 0 aromatic carbocycles. The van der Waals surface area contributed by atoms with Gasteiger partial charge in [0.15, 0.2) is 0 Å². The van der Waals surface area contributed by atoms with E-state index in [2.05, 4.69) is 52.6 Å². The number of nitrogens with one attached hydrogen (secondary N) is 1. The molecule has 0 heterocycles. The zero-order valence-corrected chi connectivity index (χ0v) is 11.6. The summed E-state index contributed by atoms with van der Waals surface area (Å²) < 4.78 is 0. The molecule has 0 bridgehead atoms. The Kier molecular flexibility index (Phi) is 7.92. The van der Waals surface area contributed by atoms with Crippen LogP contribution >= 0.6 is 0 Å². The first-order chi connectivity index (χ1) is 7.56. The van der Waals surface area contributed by atoms with Crippen LogP contribution in [0.2, 0.25) is 0 Å². The minimum atomic E-state index is 0.596. The summed E-state index contributed by atoms with van der Waals surface area (Å²) in [7, 11) is 0. The van der Waals surface area contributed by atoms with E-state index in [1.165, 1.54) is 16.7 Å². The van der Waals surface area contributed by atoms with Crippen molar-refractivity contribution in [3.05, 3.63) is 35.5 Å². The molecule has 0 spiro atoms. The van der Waals surface area contributed by atoms with E-state index in [9.17, 15) is 0 Å². The van der Waals surface area contributed by atoms with E-state index >= 15 is 0 Å². The third-order valence-corrected chi connectivity index (χ3v) is 2.87. The van der Waals surface area contributed by atoms with Gasteiger partial charge in [-0.05, 0) is 37.0 Å². The lowest BCUT2D eigenvalue weighted by atomic mass is 9.97. The van der Waals surface area contributed by atoms with Crippen molar-refractivity contribution in [3.8, 4) is 0 Å². The maximum absolute atomic E-state index is 3.84. The van der Waals surface area contributed by atoms with Gasteiger partial charge in [0.1, 0.15) is 0 Å². The number of rotatable bonds is 7. The molecule has 0 aromatic heterocycles. The second-order valence-electron chi connectivity index (χ2n) is 4.42. The van der Waals surface area contributed by atoms with Gasteiger partial charge in [0.05, 0.1) is 0 Å². The summed E-state index contributed by atoms with van der Waals surface area (Å²) in [4.78, 5) is 0. The Bertz CT molecular complexity index is 269. The molecule has 0 unspecified atom stereocenters. The fourth-order valence-electron chi connectivity index (χ4n) is 1.54. The van der Waals surface area contributed by atoms with Crippen molar-refractivity contribution in [2.75, 3.05) is 13.1 Å². The maximum atomic E-state index is 3.84. The van der Waals surface area contributed by atoms with E-state index in [0.29, 0.717) is 5.92 Å². The highest BCUT2D eigenvalue weighted by Crippen LogP contribution is 2.17. The zero-order valence-electron chi connectivity index (χ0n) is 11.6. The van der Waals surface area contributed by atoms with Gasteiger partial charge in [-0.2, -0.15) is 0 Å². The minimum Gasteiger partial charge on any atom is -0.313 e. The van der Waals surface area contributed by atoms with Crippen molar-refractivity contribution in [2.24, 2.45) is 5.92 Å². The number of hydrogen-bond donors (Lipinski definition) is 1. The van der Waals surface area contributed by atoms with Crippen molar-refractivity contribution >= 4 is 0 Å². The molecular formula is C15H27N. The highest BCUT2D eigenvalue weighted by Gasteiger charge is 2.04. The first-order valence-corrected chi connectivity index (χ1v) is 6.30. The molecule has 0 aliphatic carbocycles. The molecule has 0 fully saturated rings. The van der Waals surface area contributed by atoms with Crippen LogP contribution in [0.15, 0.2) is 35.5 Å². The topological polar surface area (TPSA) is 12.0 Å². The molecule has 0 aliphatic rings. The van der Waals surface area contributed by atoms with E-state index in [1.807, 2.05) is 6.08 Å². The fourth-order valence-corrected chi connectivity index (χ4v) is 1.54. The largest absolute Gasteiger partial charge is 0.313 e. The van der Waals surface area contributed by atoms with Crippen LogP contribution in [0.1, 0.15) is 41.0 Å². The van der Waals surface area contributed by atoms with Crippen LogP contribution in [-0.4, -0.2) is 13.1 Å². The Morgan fingerprint density at radius 2 is 1.94 bits per heavy atom. The summed E-state index contributed by atoms with van der Waals surface area (Å²) in [6.07, 6.45) is 5.35. The van der Waals surface area contributed by atoms with E-state index < -0.39 is 0 Å². The molecule has 1 N–H and O–H groups in total. The van der Waals surface area contributed by atoms with Crippen LogP contribution in [0.3, 0.4) is 0 Å². The Balaban J connectivity index is 4.94. The van der Waals surface area contributed by atoms with Crippen molar-refractivity contribution in [1.82, 2.24) is 5.32 Å². The maximum Gasteiger partial charge on any atom is 0.0170 e. The van der Waals surface area contributed by atoms with Gasteiger partial charge in [0.2, 0.25) is 0 Å². The molecule has 0 rings (SSSR count). The lowest BCUT2D eigenvalue weighted by molar-refractivity contribution is 0.675. The molecule has 16 heavy (non-hydrogen) atoms. The van der Waals surface area contributed by atoms with Crippen molar-refractivity contribution in [2.45, 2.75) is 41.0 Å². The summed E-state index contributed by atoms with van der Waals surface area (Å²) in [6.45, 7) is 16.8. The standard InChI is InChI=1S/C15H27N/c1-7-13(6)14(8-2)10-15(12(4)5)11-16-9-3/h7,10,12,16H,1,8-9,11H2,2-6H3/b14-13-,15-10-. The molecule has 0 saturated heterocycles. The highest BCUT2D eigenvalue weighted by molar-refractivity contribution is 5.33. The van der Waals surface area contributed by atoms with Gasteiger partial charge < -0.3 is 5.32 Å².